The van der Waals surface area contributed by atoms with Crippen molar-refractivity contribution in [2.75, 3.05) is 39.5 Å². The molecule has 6 nitrogen and oxygen atoms in total. The lowest BCUT2D eigenvalue weighted by atomic mass is 9.81. The quantitative estimate of drug-likeness (QED) is 0.809. The molecule has 4 N–H and O–H groups in total. The van der Waals surface area contributed by atoms with Crippen LogP contribution in [-0.2, 0) is 18.9 Å². The van der Waals surface area contributed by atoms with Crippen LogP contribution in [0.15, 0.2) is 0 Å². The molecule has 0 bridgehead atoms. The summed E-state index contributed by atoms with van der Waals surface area (Å²) >= 11 is 0. The molecule has 0 radical (unpaired) electrons. The summed E-state index contributed by atoms with van der Waals surface area (Å²) in [7, 11) is 0. The average Bonchev–Trinajstić information content (AvgIpc) is 2.67. The molecular weight excluding hydrogens is 308 g/mol. The Hall–Kier alpha value is -0.240. The molecule has 2 saturated heterocycles. The van der Waals surface area contributed by atoms with Crippen LogP contribution < -0.4 is 11.5 Å². The second-order valence-corrected chi connectivity index (χ2v) is 8.09. The maximum absolute atomic E-state index is 6.19. The van der Waals surface area contributed by atoms with E-state index in [1.807, 2.05) is 0 Å². The average molecular weight is 342 g/mol. The minimum Gasteiger partial charge on any atom is -0.349 e. The molecule has 6 heteroatoms. The molecule has 2 spiro atoms. The van der Waals surface area contributed by atoms with Crippen molar-refractivity contribution in [2.24, 2.45) is 22.3 Å². The van der Waals surface area contributed by atoms with Crippen LogP contribution in [0.5, 0.6) is 0 Å². The van der Waals surface area contributed by atoms with E-state index in [1.54, 1.807) is 0 Å². The fraction of sp³-hybridized carbons (Fsp3) is 1.00. The van der Waals surface area contributed by atoms with Gasteiger partial charge < -0.3 is 30.4 Å². The predicted octanol–water partition coefficient (Wildman–Crippen LogP) is 1.76. The van der Waals surface area contributed by atoms with Gasteiger partial charge in [0.15, 0.2) is 11.6 Å². The van der Waals surface area contributed by atoms with E-state index in [-0.39, 0.29) is 10.8 Å². The second kappa shape index (κ2) is 6.82. The van der Waals surface area contributed by atoms with Gasteiger partial charge in [-0.1, -0.05) is 13.8 Å². The van der Waals surface area contributed by atoms with E-state index in [0.717, 1.165) is 38.5 Å². The van der Waals surface area contributed by atoms with Gasteiger partial charge in [0.05, 0.1) is 26.4 Å². The minimum absolute atomic E-state index is 0.0277. The molecule has 2 aliphatic heterocycles. The first-order chi connectivity index (χ1) is 11.5. The first-order valence-corrected chi connectivity index (χ1v) is 9.44. The van der Waals surface area contributed by atoms with Gasteiger partial charge in [-0.25, -0.2) is 0 Å². The van der Waals surface area contributed by atoms with E-state index >= 15 is 0 Å². The Morgan fingerprint density at radius 3 is 1.12 bits per heavy atom. The van der Waals surface area contributed by atoms with E-state index in [1.165, 1.54) is 0 Å². The first kappa shape index (κ1) is 18.5. The number of ether oxygens (including phenoxy) is 4. The minimum atomic E-state index is -0.473. The highest BCUT2D eigenvalue weighted by Crippen LogP contribution is 2.47. The first-order valence-electron chi connectivity index (χ1n) is 9.44. The highest BCUT2D eigenvalue weighted by Gasteiger charge is 2.52. The summed E-state index contributed by atoms with van der Waals surface area (Å²) in [4.78, 5) is 0. The standard InChI is InChI=1S/C18H34N2O4/c1-3-15(9-19)11-21-17(22-12-15)5-7-18(8-6-17)23-13-16(4-2,10-20)14-24-18/h3-14,19-20H2,1-2H3. The van der Waals surface area contributed by atoms with E-state index in [2.05, 4.69) is 13.8 Å². The molecule has 0 unspecified atom stereocenters. The maximum atomic E-state index is 6.19. The third-order valence-corrected chi connectivity index (χ3v) is 6.71. The molecule has 2 heterocycles. The summed E-state index contributed by atoms with van der Waals surface area (Å²) in [5.41, 5.74) is 11.8. The van der Waals surface area contributed by atoms with Gasteiger partial charge in [0.1, 0.15) is 0 Å². The Morgan fingerprint density at radius 2 is 0.917 bits per heavy atom. The van der Waals surface area contributed by atoms with Crippen LogP contribution in [0.4, 0.5) is 0 Å². The highest BCUT2D eigenvalue weighted by atomic mass is 16.7. The summed E-state index contributed by atoms with van der Waals surface area (Å²) in [6.07, 6.45) is 5.18. The normalized spacial score (nSPS) is 46.5. The molecule has 0 amide bonds. The molecule has 1 aliphatic carbocycles. The smallest absolute Gasteiger partial charge is 0.168 e. The zero-order valence-electron chi connectivity index (χ0n) is 15.3. The Kier molecular flexibility index (Phi) is 5.27. The largest absolute Gasteiger partial charge is 0.349 e. The van der Waals surface area contributed by atoms with Gasteiger partial charge in [-0.05, 0) is 12.8 Å². The van der Waals surface area contributed by atoms with E-state index < -0.39 is 11.6 Å². The lowest BCUT2D eigenvalue weighted by Gasteiger charge is -2.53. The zero-order chi connectivity index (χ0) is 17.3. The van der Waals surface area contributed by atoms with Crippen LogP contribution in [0.1, 0.15) is 52.4 Å². The van der Waals surface area contributed by atoms with Crippen LogP contribution >= 0.6 is 0 Å². The molecule has 1 saturated carbocycles. The number of hydrogen-bond donors (Lipinski definition) is 2. The summed E-state index contributed by atoms with van der Waals surface area (Å²) in [6.45, 7) is 8.23. The molecule has 24 heavy (non-hydrogen) atoms. The molecule has 3 fully saturated rings. The lowest BCUT2D eigenvalue weighted by molar-refractivity contribution is -0.366. The third kappa shape index (κ3) is 3.24. The van der Waals surface area contributed by atoms with Crippen molar-refractivity contribution in [1.82, 2.24) is 0 Å². The van der Waals surface area contributed by atoms with Crippen molar-refractivity contribution in [1.29, 1.82) is 0 Å². The zero-order valence-corrected chi connectivity index (χ0v) is 15.3. The van der Waals surface area contributed by atoms with Crippen molar-refractivity contribution in [3.05, 3.63) is 0 Å². The molecule has 3 rings (SSSR count). The molecule has 0 atom stereocenters. The molecule has 0 aromatic carbocycles. The third-order valence-electron chi connectivity index (χ3n) is 6.71. The van der Waals surface area contributed by atoms with Crippen molar-refractivity contribution in [3.63, 3.8) is 0 Å². The van der Waals surface area contributed by atoms with E-state index in [4.69, 9.17) is 30.4 Å². The van der Waals surface area contributed by atoms with E-state index in [0.29, 0.717) is 39.5 Å². The number of rotatable bonds is 4. The van der Waals surface area contributed by atoms with Crippen LogP contribution in [0, 0.1) is 10.8 Å². The van der Waals surface area contributed by atoms with Crippen LogP contribution in [0.25, 0.3) is 0 Å². The summed E-state index contributed by atoms with van der Waals surface area (Å²) in [6, 6.07) is 0. The fourth-order valence-corrected chi connectivity index (χ4v) is 3.83. The van der Waals surface area contributed by atoms with Gasteiger partial charge in [-0.15, -0.1) is 0 Å². The fourth-order valence-electron chi connectivity index (χ4n) is 3.83. The van der Waals surface area contributed by atoms with Crippen molar-refractivity contribution < 1.29 is 18.9 Å². The highest BCUT2D eigenvalue weighted by molar-refractivity contribution is 4.94. The van der Waals surface area contributed by atoms with Crippen LogP contribution in [0.2, 0.25) is 0 Å². The summed E-state index contributed by atoms with van der Waals surface area (Å²) in [5, 5.41) is 0. The SMILES string of the molecule is CCC1(CN)COC2(CCC3(CC2)OCC(CC)(CN)CO3)OC1. The molecule has 0 aromatic rings. The number of nitrogens with two attached hydrogens (primary N) is 2. The van der Waals surface area contributed by atoms with Crippen molar-refractivity contribution in [2.45, 2.75) is 63.9 Å². The maximum Gasteiger partial charge on any atom is 0.168 e. The second-order valence-electron chi connectivity index (χ2n) is 8.09. The molecular formula is C18H34N2O4. The van der Waals surface area contributed by atoms with E-state index in [9.17, 15) is 0 Å². The van der Waals surface area contributed by atoms with Gasteiger partial charge in [-0.2, -0.15) is 0 Å². The molecule has 0 aromatic heterocycles. The topological polar surface area (TPSA) is 89.0 Å². The summed E-state index contributed by atoms with van der Waals surface area (Å²) in [5.74, 6) is -0.946. The molecule has 140 valence electrons. The van der Waals surface area contributed by atoms with Crippen LogP contribution in [0.3, 0.4) is 0 Å². The van der Waals surface area contributed by atoms with Gasteiger partial charge in [0, 0.05) is 49.6 Å². The number of hydrogen-bond acceptors (Lipinski definition) is 6. The van der Waals surface area contributed by atoms with Crippen molar-refractivity contribution >= 4 is 0 Å². The molecule has 3 aliphatic rings. The van der Waals surface area contributed by atoms with Crippen molar-refractivity contribution in [3.8, 4) is 0 Å². The predicted molar refractivity (Wildman–Crippen MR) is 91.3 cm³/mol. The Labute approximate surface area is 145 Å². The Bertz CT molecular complexity index is 363. The Morgan fingerprint density at radius 1 is 0.625 bits per heavy atom. The van der Waals surface area contributed by atoms with Gasteiger partial charge in [0.25, 0.3) is 0 Å². The van der Waals surface area contributed by atoms with Gasteiger partial charge in [-0.3, -0.25) is 0 Å². The van der Waals surface area contributed by atoms with Gasteiger partial charge in [0.2, 0.25) is 0 Å². The summed E-state index contributed by atoms with van der Waals surface area (Å²) < 4.78 is 24.8. The van der Waals surface area contributed by atoms with Gasteiger partial charge >= 0.3 is 0 Å². The monoisotopic (exact) mass is 342 g/mol. The lowest BCUT2D eigenvalue weighted by Crippen LogP contribution is -2.59. The Balaban J connectivity index is 1.55. The van der Waals surface area contributed by atoms with Crippen LogP contribution in [-0.4, -0.2) is 51.1 Å².